The van der Waals surface area contributed by atoms with E-state index >= 15 is 0 Å². The van der Waals surface area contributed by atoms with Crippen LogP contribution >= 0.6 is 0 Å². The fourth-order valence-corrected chi connectivity index (χ4v) is 5.55. The first-order chi connectivity index (χ1) is 18.8. The molecule has 0 bridgehead atoms. The van der Waals surface area contributed by atoms with Crippen molar-refractivity contribution in [1.82, 2.24) is 4.90 Å². The predicted octanol–water partition coefficient (Wildman–Crippen LogP) is 6.92. The Morgan fingerprint density at radius 2 is 1.69 bits per heavy atom. The third-order valence-corrected chi connectivity index (χ3v) is 7.58. The maximum Gasteiger partial charge on any atom is 0.333 e. The van der Waals surface area contributed by atoms with Crippen LogP contribution in [0.2, 0.25) is 0 Å². The third kappa shape index (κ3) is 9.88. The van der Waals surface area contributed by atoms with Gasteiger partial charge >= 0.3 is 12.0 Å². The van der Waals surface area contributed by atoms with Crippen LogP contribution in [0.5, 0.6) is 5.75 Å². The van der Waals surface area contributed by atoms with Crippen molar-refractivity contribution in [3.63, 3.8) is 0 Å². The summed E-state index contributed by atoms with van der Waals surface area (Å²) in [5.74, 6) is 0.508. The molecule has 0 aliphatic heterocycles. The van der Waals surface area contributed by atoms with Gasteiger partial charge in [-0.2, -0.15) is 0 Å². The zero-order valence-electron chi connectivity index (χ0n) is 24.1. The Kier molecular flexibility index (Phi) is 12.1. The Bertz CT molecular complexity index is 1040. The van der Waals surface area contributed by atoms with E-state index in [0.29, 0.717) is 38.5 Å². The number of carbonyl (C=O) groups is 2. The van der Waals surface area contributed by atoms with Gasteiger partial charge in [0.25, 0.3) is 0 Å². The number of carboxylic acid groups (broad SMARTS) is 1. The van der Waals surface area contributed by atoms with E-state index in [9.17, 15) is 14.7 Å². The maximum absolute atomic E-state index is 13.4. The minimum atomic E-state index is -0.963. The molecule has 39 heavy (non-hydrogen) atoms. The first kappa shape index (κ1) is 30.5. The van der Waals surface area contributed by atoms with Crippen molar-refractivity contribution in [3.05, 3.63) is 58.7 Å². The van der Waals surface area contributed by atoms with Crippen molar-refractivity contribution in [2.75, 3.05) is 31.6 Å². The molecule has 7 heteroatoms. The number of benzene rings is 2. The van der Waals surface area contributed by atoms with Gasteiger partial charge in [0.1, 0.15) is 12.4 Å². The average Bonchev–Trinajstić information content (AvgIpc) is 2.91. The van der Waals surface area contributed by atoms with Gasteiger partial charge in [0.05, 0.1) is 6.54 Å². The first-order valence-corrected chi connectivity index (χ1v) is 14.5. The lowest BCUT2D eigenvalue weighted by molar-refractivity contribution is -0.149. The number of hydrogen-bond donors (Lipinski definition) is 2. The molecule has 0 saturated heterocycles. The summed E-state index contributed by atoms with van der Waals surface area (Å²) >= 11 is 0. The normalized spacial score (nSPS) is 14.6. The molecule has 0 aromatic heterocycles. The molecular weight excluding hydrogens is 492 g/mol. The number of anilines is 1. The molecule has 0 heterocycles. The van der Waals surface area contributed by atoms with E-state index in [4.69, 9.17) is 9.47 Å². The average molecular weight is 539 g/mol. The number of aliphatic carboxylic acids is 1. The summed E-state index contributed by atoms with van der Waals surface area (Å²) < 4.78 is 11.3. The van der Waals surface area contributed by atoms with Gasteiger partial charge in [0, 0.05) is 25.3 Å². The fourth-order valence-electron chi connectivity index (χ4n) is 5.55. The molecule has 1 aliphatic rings. The number of nitrogens with one attached hydrogen (secondary N) is 1. The summed E-state index contributed by atoms with van der Waals surface area (Å²) in [5.41, 5.74) is 5.06. The summed E-state index contributed by atoms with van der Waals surface area (Å²) in [5, 5.41) is 12.5. The maximum atomic E-state index is 13.4. The Morgan fingerprint density at radius 1 is 1.03 bits per heavy atom. The number of hydrogen-bond acceptors (Lipinski definition) is 4. The quantitative estimate of drug-likeness (QED) is 0.273. The highest BCUT2D eigenvalue weighted by atomic mass is 16.5. The lowest BCUT2D eigenvalue weighted by Crippen LogP contribution is -2.39. The second-order valence-corrected chi connectivity index (χ2v) is 10.8. The summed E-state index contributed by atoms with van der Waals surface area (Å²) in [6, 6.07) is 11.5. The lowest BCUT2D eigenvalue weighted by Gasteiger charge is -2.26. The molecule has 3 rings (SSSR count). The Labute approximate surface area is 233 Å². The molecule has 2 aromatic carbocycles. The fraction of sp³-hybridized carbons (Fsp3) is 0.562. The van der Waals surface area contributed by atoms with Gasteiger partial charge in [0.15, 0.2) is 6.10 Å². The molecule has 1 fully saturated rings. The number of ether oxygens (including phenoxy) is 2. The topological polar surface area (TPSA) is 88.1 Å². The predicted molar refractivity (Wildman–Crippen MR) is 156 cm³/mol. The van der Waals surface area contributed by atoms with Crippen LogP contribution in [0.4, 0.5) is 10.5 Å². The molecule has 2 N–H and O–H groups in total. The largest absolute Gasteiger partial charge is 0.492 e. The third-order valence-electron chi connectivity index (χ3n) is 7.58. The highest BCUT2D eigenvalue weighted by Crippen LogP contribution is 2.27. The van der Waals surface area contributed by atoms with Gasteiger partial charge in [-0.3, -0.25) is 0 Å². The summed E-state index contributed by atoms with van der Waals surface area (Å²) in [7, 11) is 0. The molecule has 0 spiro atoms. The van der Waals surface area contributed by atoms with Gasteiger partial charge in [-0.05, 0) is 75.3 Å². The highest BCUT2D eigenvalue weighted by Gasteiger charge is 2.19. The molecule has 1 aliphatic carbocycles. The van der Waals surface area contributed by atoms with Crippen molar-refractivity contribution in [2.45, 2.75) is 85.2 Å². The molecule has 1 atom stereocenters. The van der Waals surface area contributed by atoms with Crippen molar-refractivity contribution in [1.29, 1.82) is 0 Å². The van der Waals surface area contributed by atoms with E-state index in [0.717, 1.165) is 41.1 Å². The number of urea groups is 1. The highest BCUT2D eigenvalue weighted by molar-refractivity contribution is 5.91. The second-order valence-electron chi connectivity index (χ2n) is 10.8. The molecule has 0 radical (unpaired) electrons. The van der Waals surface area contributed by atoms with Crippen LogP contribution in [-0.4, -0.2) is 54.4 Å². The molecule has 7 nitrogen and oxygen atoms in total. The van der Waals surface area contributed by atoms with Crippen LogP contribution in [0.15, 0.2) is 36.4 Å². The van der Waals surface area contributed by atoms with Crippen molar-refractivity contribution >= 4 is 17.7 Å². The Hall–Kier alpha value is -3.06. The lowest BCUT2D eigenvalue weighted by atomic mass is 9.86. The van der Waals surface area contributed by atoms with Crippen molar-refractivity contribution in [3.8, 4) is 5.75 Å². The smallest absolute Gasteiger partial charge is 0.333 e. The van der Waals surface area contributed by atoms with E-state index < -0.39 is 12.1 Å². The number of amides is 2. The van der Waals surface area contributed by atoms with Crippen LogP contribution in [0.1, 0.15) is 74.1 Å². The Morgan fingerprint density at radius 3 is 2.31 bits per heavy atom. The number of aryl methyl sites for hydroxylation is 3. The number of rotatable bonds is 14. The molecule has 1 saturated carbocycles. The summed E-state index contributed by atoms with van der Waals surface area (Å²) in [6.45, 7) is 9.82. The van der Waals surface area contributed by atoms with Crippen LogP contribution in [-0.2, 0) is 16.0 Å². The van der Waals surface area contributed by atoms with Gasteiger partial charge in [-0.25, -0.2) is 9.59 Å². The molecule has 2 amide bonds. The van der Waals surface area contributed by atoms with Gasteiger partial charge in [-0.1, -0.05) is 61.9 Å². The monoisotopic (exact) mass is 538 g/mol. The zero-order valence-corrected chi connectivity index (χ0v) is 24.1. The van der Waals surface area contributed by atoms with Crippen LogP contribution in [0, 0.1) is 26.7 Å². The van der Waals surface area contributed by atoms with Gasteiger partial charge < -0.3 is 24.8 Å². The van der Waals surface area contributed by atoms with Gasteiger partial charge in [0.2, 0.25) is 0 Å². The SMILES string of the molecule is CCOC(Cc1ccc(OCCN(CCCC2CCCCC2)C(=O)Nc2c(C)cc(C)cc2C)cc1)C(=O)O. The standard InChI is InChI=1S/C32H46N2O5/c1-5-38-29(31(35)36)22-27-13-15-28(16-14-27)39-19-18-34(17-9-12-26-10-7-6-8-11-26)32(37)33-30-24(3)20-23(2)21-25(30)4/h13-16,20-21,26,29H,5-12,17-19,22H2,1-4H3,(H,33,37)(H,35,36). The van der Waals surface area contributed by atoms with Crippen LogP contribution in [0.25, 0.3) is 0 Å². The molecule has 1 unspecified atom stereocenters. The number of nitrogens with zero attached hydrogens (tertiary/aromatic N) is 1. The van der Waals surface area contributed by atoms with E-state index in [1.807, 2.05) is 43.0 Å². The van der Waals surface area contributed by atoms with E-state index in [2.05, 4.69) is 24.4 Å². The number of carboxylic acids is 1. The summed E-state index contributed by atoms with van der Waals surface area (Å²) in [4.78, 5) is 26.6. The Balaban J connectivity index is 1.58. The number of carbonyl (C=O) groups excluding carboxylic acids is 1. The first-order valence-electron chi connectivity index (χ1n) is 14.5. The summed E-state index contributed by atoms with van der Waals surface area (Å²) in [6.07, 6.45) is 8.23. The van der Waals surface area contributed by atoms with E-state index in [-0.39, 0.29) is 6.03 Å². The van der Waals surface area contributed by atoms with Gasteiger partial charge in [-0.15, -0.1) is 0 Å². The molecular formula is C32H46N2O5. The van der Waals surface area contributed by atoms with E-state index in [1.54, 1.807) is 6.92 Å². The van der Waals surface area contributed by atoms with Crippen molar-refractivity contribution < 1.29 is 24.2 Å². The van der Waals surface area contributed by atoms with E-state index in [1.165, 1.54) is 37.7 Å². The minimum absolute atomic E-state index is 0.0942. The van der Waals surface area contributed by atoms with Crippen molar-refractivity contribution in [2.24, 2.45) is 5.92 Å². The zero-order chi connectivity index (χ0) is 28.2. The molecule has 214 valence electrons. The van der Waals surface area contributed by atoms with Crippen LogP contribution in [0.3, 0.4) is 0 Å². The minimum Gasteiger partial charge on any atom is -0.492 e. The molecule has 2 aromatic rings. The van der Waals surface area contributed by atoms with Crippen LogP contribution < -0.4 is 10.1 Å². The second kappa shape index (κ2) is 15.5.